The predicted molar refractivity (Wildman–Crippen MR) is 256 cm³/mol. The summed E-state index contributed by atoms with van der Waals surface area (Å²) < 4.78 is 8.70. The largest absolute Gasteiger partial charge is 0.492 e. The summed E-state index contributed by atoms with van der Waals surface area (Å²) in [5.41, 5.74) is 7.05. The van der Waals surface area contributed by atoms with Crippen molar-refractivity contribution in [2.75, 3.05) is 52.4 Å². The molecule has 7 aliphatic heterocycles. The summed E-state index contributed by atoms with van der Waals surface area (Å²) >= 11 is 6.63. The van der Waals surface area contributed by atoms with E-state index in [2.05, 4.69) is 48.8 Å². The maximum Gasteiger partial charge on any atom is 0.282 e. The molecule has 0 unspecified atom stereocenters. The Morgan fingerprint density at radius 1 is 0.838 bits per heavy atom. The Labute approximate surface area is 401 Å². The number of imide groups is 1. The molecule has 13 nitrogen and oxygen atoms in total. The van der Waals surface area contributed by atoms with Crippen LogP contribution in [-0.4, -0.2) is 117 Å². The Morgan fingerprint density at radius 3 is 2.37 bits per heavy atom. The standard InChI is InChI=1S/C54H60ClN7O6/c55-40-5-4-6-41-46(40)49(66)57-51-54(17-2-1-3-18-54)38-9-7-34(27-43(38)62(41)51)33-15-23-58(24-16-33)29-45(64)60-30-52(31-60)19-13-35(14-20-52)59-25-21-53(22-26-59)32-68-47-37-28-61(42-11-12-44(63)56-48(42)65)50(67)36(37)8-10-39(47)53/h4-10,27,33,35,42H,1-3,11-26,28-32H2,(H,56,63,65)/t42-/m0/s1. The highest BCUT2D eigenvalue weighted by Gasteiger charge is 2.52. The monoisotopic (exact) mass is 937 g/mol. The Morgan fingerprint density at radius 2 is 1.60 bits per heavy atom. The molecule has 1 atom stereocenters. The van der Waals surface area contributed by atoms with Crippen LogP contribution in [0.2, 0.25) is 5.02 Å². The highest BCUT2D eigenvalue weighted by molar-refractivity contribution is 6.35. The molecule has 9 aliphatic rings. The first-order valence-corrected chi connectivity index (χ1v) is 25.9. The second kappa shape index (κ2) is 16.0. The van der Waals surface area contributed by atoms with Crippen LogP contribution < -0.4 is 15.6 Å². The molecule has 3 aromatic carbocycles. The van der Waals surface area contributed by atoms with Crippen molar-refractivity contribution in [3.63, 3.8) is 0 Å². The number of carbonyl (C=O) groups excluding carboxylic acids is 4. The third-order valence-corrected chi connectivity index (χ3v) is 18.9. The van der Waals surface area contributed by atoms with Crippen molar-refractivity contribution < 1.29 is 23.9 Å². The summed E-state index contributed by atoms with van der Waals surface area (Å²) in [6.07, 6.45) is 14.8. The number of nitrogens with one attached hydrogen (secondary N) is 1. The molecule has 8 heterocycles. The number of nitrogens with zero attached hydrogens (tertiary/aromatic N) is 6. The number of carbonyl (C=O) groups is 4. The van der Waals surface area contributed by atoms with Crippen LogP contribution in [0.4, 0.5) is 0 Å². The van der Waals surface area contributed by atoms with Gasteiger partial charge >= 0.3 is 0 Å². The van der Waals surface area contributed by atoms with Crippen LogP contribution in [0.25, 0.3) is 16.6 Å². The summed E-state index contributed by atoms with van der Waals surface area (Å²) in [6, 6.07) is 16.7. The summed E-state index contributed by atoms with van der Waals surface area (Å²) in [4.78, 5) is 78.6. The minimum Gasteiger partial charge on any atom is -0.492 e. The van der Waals surface area contributed by atoms with Gasteiger partial charge in [0.25, 0.3) is 11.5 Å². The van der Waals surface area contributed by atoms with Gasteiger partial charge in [0.1, 0.15) is 17.6 Å². The molecule has 68 heavy (non-hydrogen) atoms. The molecule has 1 N–H and O–H groups in total. The lowest BCUT2D eigenvalue weighted by atomic mass is 9.66. The first-order chi connectivity index (χ1) is 33.0. The van der Waals surface area contributed by atoms with Crippen LogP contribution in [0, 0.1) is 5.41 Å². The Balaban J connectivity index is 0.596. The maximum absolute atomic E-state index is 13.7. The molecule has 0 radical (unpaired) electrons. The van der Waals surface area contributed by atoms with Gasteiger partial charge in [-0.25, -0.2) is 0 Å². The first kappa shape index (κ1) is 43.0. The van der Waals surface area contributed by atoms with Crippen molar-refractivity contribution in [2.24, 2.45) is 5.41 Å². The molecule has 4 saturated heterocycles. The van der Waals surface area contributed by atoms with E-state index in [4.69, 9.17) is 21.3 Å². The summed E-state index contributed by atoms with van der Waals surface area (Å²) in [5, 5.41) is 3.35. The number of hydrogen-bond donors (Lipinski definition) is 1. The minimum absolute atomic E-state index is 0.0639. The average molecular weight is 939 g/mol. The number of piperidine rings is 3. The second-order valence-corrected chi connectivity index (χ2v) is 22.5. The fourth-order valence-corrected chi connectivity index (χ4v) is 15.0. The molecular formula is C54H60ClN7O6. The molecular weight excluding hydrogens is 878 g/mol. The van der Waals surface area contributed by atoms with Gasteiger partial charge in [-0.05, 0) is 138 Å². The zero-order valence-corrected chi connectivity index (χ0v) is 39.6. The van der Waals surface area contributed by atoms with E-state index in [1.54, 1.807) is 11.0 Å². The predicted octanol–water partition coefficient (Wildman–Crippen LogP) is 6.74. The van der Waals surface area contributed by atoms with Crippen molar-refractivity contribution in [1.82, 2.24) is 34.5 Å². The van der Waals surface area contributed by atoms with E-state index in [0.717, 1.165) is 119 Å². The van der Waals surface area contributed by atoms with E-state index < -0.39 is 11.9 Å². The van der Waals surface area contributed by atoms with Gasteiger partial charge in [-0.2, -0.15) is 4.98 Å². The van der Waals surface area contributed by atoms with Crippen molar-refractivity contribution in [2.45, 2.75) is 132 Å². The number of halogens is 1. The van der Waals surface area contributed by atoms with Crippen LogP contribution in [0.15, 0.2) is 53.3 Å². The van der Waals surface area contributed by atoms with E-state index in [-0.39, 0.29) is 45.9 Å². The third kappa shape index (κ3) is 6.60. The van der Waals surface area contributed by atoms with E-state index >= 15 is 0 Å². The number of benzene rings is 3. The molecule has 13 rings (SSSR count). The fourth-order valence-electron chi connectivity index (χ4n) is 14.7. The van der Waals surface area contributed by atoms with Crippen molar-refractivity contribution in [3.05, 3.63) is 97.5 Å². The summed E-state index contributed by atoms with van der Waals surface area (Å²) in [7, 11) is 0. The lowest BCUT2D eigenvalue weighted by molar-refractivity contribution is -0.148. The molecule has 1 aromatic heterocycles. The Bertz CT molecular complexity index is 2860. The molecule has 6 fully saturated rings. The highest BCUT2D eigenvalue weighted by Crippen LogP contribution is 2.54. The molecule has 3 spiro atoms. The smallest absolute Gasteiger partial charge is 0.282 e. The first-order valence-electron chi connectivity index (χ1n) is 25.6. The van der Waals surface area contributed by atoms with Crippen LogP contribution in [0.5, 0.6) is 5.75 Å². The molecule has 14 heteroatoms. The number of hydrogen-bond acceptors (Lipinski definition) is 9. The van der Waals surface area contributed by atoms with Gasteiger partial charge in [0.05, 0.1) is 46.7 Å². The number of aromatic nitrogens is 2. The summed E-state index contributed by atoms with van der Waals surface area (Å²) in [6.45, 7) is 7.08. The number of rotatable bonds is 5. The maximum atomic E-state index is 13.7. The van der Waals surface area contributed by atoms with Crippen molar-refractivity contribution >= 4 is 46.1 Å². The number of amides is 4. The normalized spacial score (nSPS) is 25.4. The zero-order valence-electron chi connectivity index (χ0n) is 38.8. The topological polar surface area (TPSA) is 137 Å². The van der Waals surface area contributed by atoms with Gasteiger partial charge in [-0.3, -0.25) is 38.8 Å². The lowest BCUT2D eigenvalue weighted by Gasteiger charge is -2.55. The zero-order chi connectivity index (χ0) is 46.1. The van der Waals surface area contributed by atoms with Crippen LogP contribution >= 0.6 is 11.6 Å². The Hall–Kier alpha value is -5.11. The van der Waals surface area contributed by atoms with Gasteiger partial charge in [-0.1, -0.05) is 55.1 Å². The highest BCUT2D eigenvalue weighted by atomic mass is 35.5. The van der Waals surface area contributed by atoms with Gasteiger partial charge < -0.3 is 19.4 Å². The molecule has 2 aliphatic carbocycles. The minimum atomic E-state index is -0.634. The van der Waals surface area contributed by atoms with Crippen molar-refractivity contribution in [1.29, 1.82) is 0 Å². The molecule has 0 bridgehead atoms. The van der Waals surface area contributed by atoms with E-state index in [1.165, 1.54) is 48.8 Å². The second-order valence-electron chi connectivity index (χ2n) is 22.1. The SMILES string of the molecule is O=C1CC[C@H](N2Cc3c(ccc4c3OCC43CCN(C4CCC5(CC4)CN(C(=O)CN4CCC(c6ccc7c(c6)-n6c(nc(=O)c8c(Cl)cccc86)C76CCCCC6)CC4)C5)CC3)C2=O)C(=O)N1. The van der Waals surface area contributed by atoms with Gasteiger partial charge in [-0.15, -0.1) is 0 Å². The van der Waals surface area contributed by atoms with Gasteiger partial charge in [0, 0.05) is 53.1 Å². The molecule has 4 aromatic rings. The summed E-state index contributed by atoms with van der Waals surface area (Å²) in [5.74, 6) is 1.56. The average Bonchev–Trinajstić information content (AvgIpc) is 3.96. The Kier molecular flexibility index (Phi) is 10.1. The van der Waals surface area contributed by atoms with Crippen LogP contribution in [0.3, 0.4) is 0 Å². The van der Waals surface area contributed by atoms with Crippen molar-refractivity contribution in [3.8, 4) is 11.4 Å². The third-order valence-electron chi connectivity index (χ3n) is 18.6. The number of fused-ring (bicyclic) bond motifs is 11. The van der Waals surface area contributed by atoms with E-state index in [1.807, 2.05) is 18.2 Å². The number of likely N-dealkylation sites (tertiary alicyclic amines) is 3. The van der Waals surface area contributed by atoms with Crippen LogP contribution in [0.1, 0.15) is 141 Å². The lowest BCUT2D eigenvalue weighted by Crippen LogP contribution is -2.62. The van der Waals surface area contributed by atoms with Gasteiger partial charge in [0.2, 0.25) is 17.7 Å². The fraction of sp³-hybridized carbons (Fsp3) is 0.556. The van der Waals surface area contributed by atoms with E-state index in [9.17, 15) is 24.0 Å². The molecule has 2 saturated carbocycles. The van der Waals surface area contributed by atoms with E-state index in [0.29, 0.717) is 54.0 Å². The number of ether oxygens (including phenoxy) is 1. The quantitative estimate of drug-likeness (QED) is 0.216. The molecule has 4 amide bonds. The van der Waals surface area contributed by atoms with Crippen LogP contribution in [-0.2, 0) is 31.8 Å². The van der Waals surface area contributed by atoms with Gasteiger partial charge in [0.15, 0.2) is 0 Å². The molecule has 354 valence electrons.